The minimum Gasteiger partial charge on any atom is -0.394 e. The lowest BCUT2D eigenvalue weighted by molar-refractivity contribution is -0.359. The van der Waals surface area contributed by atoms with Crippen LogP contribution in [-0.4, -0.2) is 140 Å². The number of hydrogen-bond acceptors (Lipinski definition) is 13. The Labute approximate surface area is 389 Å². The van der Waals surface area contributed by atoms with Crippen LogP contribution in [0.1, 0.15) is 149 Å². The van der Waals surface area contributed by atoms with Gasteiger partial charge >= 0.3 is 0 Å². The van der Waals surface area contributed by atoms with Crippen molar-refractivity contribution in [3.8, 4) is 0 Å². The number of aliphatic hydroxyl groups excluding tert-OH is 8. The van der Waals surface area contributed by atoms with Crippen molar-refractivity contribution in [3.05, 3.63) is 72.9 Å². The minimum absolute atomic E-state index is 0.149. The Morgan fingerprint density at radius 1 is 0.569 bits per heavy atom. The van der Waals surface area contributed by atoms with E-state index in [1.807, 2.05) is 18.2 Å². The highest BCUT2D eigenvalue weighted by molar-refractivity contribution is 5.76. The summed E-state index contributed by atoms with van der Waals surface area (Å²) in [7, 11) is 0. The SMILES string of the molecule is CC/C=C\C/C=C\C/C=C\C/C=C\CCC(=O)NC(COC1OC(CO)C(OC2OC(CO)C(O)C(O)C2O)C(O)C1O)C(O)/C=C/CC/C=C/CCCCCCCCCCCCCC. The maximum absolute atomic E-state index is 13.1. The maximum Gasteiger partial charge on any atom is 0.220 e. The first-order valence-electron chi connectivity index (χ1n) is 24.7. The van der Waals surface area contributed by atoms with E-state index in [1.165, 1.54) is 77.0 Å². The van der Waals surface area contributed by atoms with E-state index >= 15 is 0 Å². The number of ether oxygens (including phenoxy) is 4. The van der Waals surface area contributed by atoms with Crippen LogP contribution in [0.5, 0.6) is 0 Å². The Morgan fingerprint density at radius 2 is 1.08 bits per heavy atom. The zero-order valence-electron chi connectivity index (χ0n) is 39.4. The van der Waals surface area contributed by atoms with Crippen molar-refractivity contribution in [2.75, 3.05) is 19.8 Å². The van der Waals surface area contributed by atoms with Crippen LogP contribution in [0, 0.1) is 0 Å². The summed E-state index contributed by atoms with van der Waals surface area (Å²) in [5.74, 6) is -0.333. The van der Waals surface area contributed by atoms with Gasteiger partial charge in [0.05, 0.1) is 32.0 Å². The second kappa shape index (κ2) is 37.4. The van der Waals surface area contributed by atoms with Crippen molar-refractivity contribution in [1.29, 1.82) is 0 Å². The van der Waals surface area contributed by atoms with Crippen molar-refractivity contribution in [2.45, 2.75) is 222 Å². The Kier molecular flexibility index (Phi) is 33.7. The van der Waals surface area contributed by atoms with Crippen LogP contribution in [0.3, 0.4) is 0 Å². The lowest BCUT2D eigenvalue weighted by Gasteiger charge is -2.46. The summed E-state index contributed by atoms with van der Waals surface area (Å²) in [5, 5.41) is 86.5. The van der Waals surface area contributed by atoms with Gasteiger partial charge in [0.25, 0.3) is 0 Å². The first-order valence-corrected chi connectivity index (χ1v) is 24.7. The van der Waals surface area contributed by atoms with Gasteiger partial charge in [-0.3, -0.25) is 4.79 Å². The number of allylic oxidation sites excluding steroid dienone is 11. The highest BCUT2D eigenvalue weighted by Gasteiger charge is 2.51. The van der Waals surface area contributed by atoms with Gasteiger partial charge in [0.1, 0.15) is 48.8 Å². The molecule has 12 atom stereocenters. The molecule has 0 radical (unpaired) electrons. The zero-order valence-corrected chi connectivity index (χ0v) is 39.4. The lowest BCUT2D eigenvalue weighted by Crippen LogP contribution is -2.65. The van der Waals surface area contributed by atoms with E-state index in [4.69, 9.17) is 18.9 Å². The Hall–Kier alpha value is -2.57. The first kappa shape index (κ1) is 58.6. The lowest BCUT2D eigenvalue weighted by atomic mass is 9.97. The van der Waals surface area contributed by atoms with E-state index in [0.717, 1.165) is 38.5 Å². The van der Waals surface area contributed by atoms with Gasteiger partial charge in [0.2, 0.25) is 5.91 Å². The monoisotopic (exact) mass is 922 g/mol. The number of aliphatic hydroxyl groups is 8. The van der Waals surface area contributed by atoms with E-state index in [-0.39, 0.29) is 18.9 Å². The molecule has 1 amide bonds. The van der Waals surface area contributed by atoms with Crippen LogP contribution in [0.4, 0.5) is 0 Å². The molecule has 374 valence electrons. The molecule has 14 heteroatoms. The standard InChI is InChI=1S/C51H87NO13/c1-3-5-7-9-11-13-15-17-18-19-20-21-23-24-26-28-30-32-34-40(55)39(52-43(56)35-33-31-29-27-25-22-16-14-12-10-8-6-4-2)38-62-50-48(61)46(59)49(42(37-54)64-50)65-51-47(60)45(58)44(57)41(36-53)63-51/h6,8,12,14,22,24-26,29,31-32,34,39-42,44-51,53-55,57-61H,3-5,7,9-11,13,15-21,23,27-28,30,33,35-38H2,1-2H3,(H,52,56)/b8-6-,14-12-,25-22-,26-24+,31-29-,34-32+. The van der Waals surface area contributed by atoms with Crippen LogP contribution in [0.2, 0.25) is 0 Å². The van der Waals surface area contributed by atoms with E-state index in [0.29, 0.717) is 12.8 Å². The summed E-state index contributed by atoms with van der Waals surface area (Å²) >= 11 is 0. The van der Waals surface area contributed by atoms with Crippen LogP contribution in [-0.2, 0) is 23.7 Å². The molecule has 0 aromatic rings. The average molecular weight is 922 g/mol. The molecule has 0 bridgehead atoms. The number of hydrogen-bond donors (Lipinski definition) is 9. The molecule has 2 fully saturated rings. The van der Waals surface area contributed by atoms with Gasteiger partial charge < -0.3 is 65.1 Å². The van der Waals surface area contributed by atoms with Gasteiger partial charge in [0, 0.05) is 6.42 Å². The Morgan fingerprint density at radius 3 is 1.68 bits per heavy atom. The molecule has 2 saturated heterocycles. The molecule has 9 N–H and O–H groups in total. The largest absolute Gasteiger partial charge is 0.394 e. The van der Waals surface area contributed by atoms with E-state index < -0.39 is 86.8 Å². The van der Waals surface area contributed by atoms with Crippen LogP contribution < -0.4 is 5.32 Å². The molecule has 0 saturated carbocycles. The van der Waals surface area contributed by atoms with Crippen molar-refractivity contribution >= 4 is 5.91 Å². The molecule has 2 aliphatic heterocycles. The molecule has 2 rings (SSSR count). The van der Waals surface area contributed by atoms with E-state index in [2.05, 4.69) is 67.8 Å². The van der Waals surface area contributed by atoms with Crippen LogP contribution >= 0.6 is 0 Å². The number of nitrogens with one attached hydrogen (secondary N) is 1. The van der Waals surface area contributed by atoms with Gasteiger partial charge in [-0.1, -0.05) is 157 Å². The number of unbranched alkanes of at least 4 members (excludes halogenated alkanes) is 13. The molecule has 0 aliphatic carbocycles. The fourth-order valence-electron chi connectivity index (χ4n) is 7.61. The maximum atomic E-state index is 13.1. The molecule has 0 spiro atoms. The fraction of sp³-hybridized carbons (Fsp3) is 0.745. The summed E-state index contributed by atoms with van der Waals surface area (Å²) in [6, 6.07) is -0.971. The second-order valence-corrected chi connectivity index (χ2v) is 17.2. The third kappa shape index (κ3) is 24.9. The number of carbonyl (C=O) groups is 1. The predicted molar refractivity (Wildman–Crippen MR) is 253 cm³/mol. The summed E-state index contributed by atoms with van der Waals surface area (Å²) in [6.07, 6.45) is 29.7. The third-order valence-electron chi connectivity index (χ3n) is 11.6. The minimum atomic E-state index is -1.80. The summed E-state index contributed by atoms with van der Waals surface area (Å²) < 4.78 is 22.6. The quantitative estimate of drug-likeness (QED) is 0.0258. The normalized spacial score (nSPS) is 27.7. The van der Waals surface area contributed by atoms with Crippen molar-refractivity contribution < 1.29 is 64.6 Å². The van der Waals surface area contributed by atoms with Crippen LogP contribution in [0.25, 0.3) is 0 Å². The number of amides is 1. The Bertz CT molecular complexity index is 1370. The molecule has 12 unspecified atom stereocenters. The van der Waals surface area contributed by atoms with Gasteiger partial charge in [-0.15, -0.1) is 0 Å². The molecule has 65 heavy (non-hydrogen) atoms. The van der Waals surface area contributed by atoms with Crippen LogP contribution in [0.15, 0.2) is 72.9 Å². The highest BCUT2D eigenvalue weighted by Crippen LogP contribution is 2.30. The fourth-order valence-corrected chi connectivity index (χ4v) is 7.61. The number of carbonyl (C=O) groups excluding carboxylic acids is 1. The van der Waals surface area contributed by atoms with Gasteiger partial charge in [0.15, 0.2) is 12.6 Å². The second-order valence-electron chi connectivity index (χ2n) is 17.2. The van der Waals surface area contributed by atoms with Crippen molar-refractivity contribution in [3.63, 3.8) is 0 Å². The molecule has 2 aliphatic rings. The summed E-state index contributed by atoms with van der Waals surface area (Å²) in [6.45, 7) is 2.57. The number of rotatable bonds is 36. The molecule has 2 heterocycles. The summed E-state index contributed by atoms with van der Waals surface area (Å²) in [5.41, 5.74) is 0. The smallest absolute Gasteiger partial charge is 0.220 e. The van der Waals surface area contributed by atoms with Gasteiger partial charge in [-0.2, -0.15) is 0 Å². The Balaban J connectivity index is 1.91. The first-order chi connectivity index (χ1) is 31.6. The summed E-state index contributed by atoms with van der Waals surface area (Å²) in [4.78, 5) is 13.1. The third-order valence-corrected chi connectivity index (χ3v) is 11.6. The topological polar surface area (TPSA) is 228 Å². The molecule has 14 nitrogen and oxygen atoms in total. The van der Waals surface area contributed by atoms with E-state index in [1.54, 1.807) is 6.08 Å². The van der Waals surface area contributed by atoms with Crippen molar-refractivity contribution in [2.24, 2.45) is 0 Å². The highest BCUT2D eigenvalue weighted by atomic mass is 16.7. The average Bonchev–Trinajstić information content (AvgIpc) is 3.30. The molecular formula is C51H87NO13. The van der Waals surface area contributed by atoms with Crippen molar-refractivity contribution in [1.82, 2.24) is 5.32 Å². The van der Waals surface area contributed by atoms with Gasteiger partial charge in [-0.25, -0.2) is 0 Å². The predicted octanol–water partition coefficient (Wildman–Crippen LogP) is 6.04. The molecular weight excluding hydrogens is 835 g/mol. The zero-order chi connectivity index (χ0) is 47.5. The molecule has 0 aromatic carbocycles. The van der Waals surface area contributed by atoms with E-state index in [9.17, 15) is 45.6 Å². The van der Waals surface area contributed by atoms with Gasteiger partial charge in [-0.05, 0) is 57.8 Å². The molecule has 0 aromatic heterocycles.